The number of aryl methyl sites for hydroxylation is 1. The fourth-order valence-corrected chi connectivity index (χ4v) is 3.51. The molecule has 3 heterocycles. The summed E-state index contributed by atoms with van der Waals surface area (Å²) in [5.74, 6) is 0.844. The average molecular weight is 395 g/mol. The third-order valence-corrected chi connectivity index (χ3v) is 5.22. The number of hydrogen-bond acceptors (Lipinski definition) is 3. The Hall–Kier alpha value is -3.02. The lowest BCUT2D eigenvalue weighted by molar-refractivity contribution is -0.121. The standard InChI is InChI=1S/C23H30N4O2/c1-5-6-11-25-23(28)10-9-17-15(2)19(26-16(17)3)13-21-22(29-4)14-20(27-21)18-8-7-12-24-18/h7-8,12-14,24,26H,5-6,9-11H2,1-4H3,(H,25,28). The molecule has 0 spiro atoms. The number of aliphatic imine (C=N–C) groups is 1. The van der Waals surface area contributed by atoms with Crippen LogP contribution in [0.1, 0.15) is 54.4 Å². The van der Waals surface area contributed by atoms with Gasteiger partial charge in [-0.25, -0.2) is 4.99 Å². The van der Waals surface area contributed by atoms with Crippen molar-refractivity contribution in [1.82, 2.24) is 15.3 Å². The molecule has 3 rings (SSSR count). The molecule has 0 saturated carbocycles. The first-order chi connectivity index (χ1) is 14.0. The molecule has 2 aromatic rings. The number of rotatable bonds is 9. The van der Waals surface area contributed by atoms with Crippen molar-refractivity contribution in [1.29, 1.82) is 0 Å². The maximum absolute atomic E-state index is 12.1. The van der Waals surface area contributed by atoms with Gasteiger partial charge in [0.15, 0.2) is 0 Å². The Balaban J connectivity index is 1.76. The summed E-state index contributed by atoms with van der Waals surface area (Å²) in [6.07, 6.45) is 9.15. The van der Waals surface area contributed by atoms with Crippen molar-refractivity contribution in [3.8, 4) is 0 Å². The van der Waals surface area contributed by atoms with Crippen molar-refractivity contribution in [3.05, 3.63) is 64.1 Å². The smallest absolute Gasteiger partial charge is 0.220 e. The number of amides is 1. The van der Waals surface area contributed by atoms with Gasteiger partial charge in [-0.1, -0.05) is 13.3 Å². The minimum absolute atomic E-state index is 0.110. The molecule has 154 valence electrons. The normalized spacial score (nSPS) is 14.8. The van der Waals surface area contributed by atoms with Crippen molar-refractivity contribution >= 4 is 17.7 Å². The van der Waals surface area contributed by atoms with E-state index in [1.807, 2.05) is 30.5 Å². The first-order valence-corrected chi connectivity index (χ1v) is 10.2. The Labute approximate surface area is 172 Å². The molecule has 0 radical (unpaired) electrons. The zero-order valence-corrected chi connectivity index (χ0v) is 17.7. The van der Waals surface area contributed by atoms with Crippen LogP contribution < -0.4 is 5.32 Å². The molecule has 1 aliphatic heterocycles. The van der Waals surface area contributed by atoms with E-state index in [-0.39, 0.29) is 5.91 Å². The number of aromatic amines is 2. The van der Waals surface area contributed by atoms with E-state index in [0.29, 0.717) is 6.42 Å². The summed E-state index contributed by atoms with van der Waals surface area (Å²) in [6, 6.07) is 3.93. The number of allylic oxidation sites excluding steroid dienone is 1. The summed E-state index contributed by atoms with van der Waals surface area (Å²) < 4.78 is 5.52. The molecule has 6 heteroatoms. The number of hydrogen-bond donors (Lipinski definition) is 3. The SMILES string of the molecule is CCCCNC(=O)CCc1c(C)[nH]c(C=C2N=C(c3ccc[nH]3)C=C2OC)c1C. The number of H-pyrrole nitrogens is 2. The summed E-state index contributed by atoms with van der Waals surface area (Å²) in [7, 11) is 1.65. The van der Waals surface area contributed by atoms with E-state index < -0.39 is 0 Å². The first-order valence-electron chi connectivity index (χ1n) is 10.2. The van der Waals surface area contributed by atoms with Gasteiger partial charge in [0, 0.05) is 36.6 Å². The van der Waals surface area contributed by atoms with Crippen LogP contribution in [0.4, 0.5) is 0 Å². The quantitative estimate of drug-likeness (QED) is 0.558. The Kier molecular flexibility index (Phi) is 6.75. The molecular formula is C23H30N4O2. The molecule has 1 aliphatic rings. The maximum Gasteiger partial charge on any atom is 0.220 e. The molecule has 0 fully saturated rings. The van der Waals surface area contributed by atoms with Crippen LogP contribution in [0, 0.1) is 13.8 Å². The molecule has 0 aliphatic carbocycles. The topological polar surface area (TPSA) is 82.3 Å². The van der Waals surface area contributed by atoms with Crippen molar-refractivity contribution < 1.29 is 9.53 Å². The molecule has 3 N–H and O–H groups in total. The molecule has 0 saturated heterocycles. The predicted molar refractivity (Wildman–Crippen MR) is 117 cm³/mol. The molecular weight excluding hydrogens is 364 g/mol. The van der Waals surface area contributed by atoms with Crippen LogP contribution in [0.25, 0.3) is 6.08 Å². The van der Waals surface area contributed by atoms with E-state index in [9.17, 15) is 4.79 Å². The monoisotopic (exact) mass is 394 g/mol. The van der Waals surface area contributed by atoms with Gasteiger partial charge in [0.2, 0.25) is 5.91 Å². The number of carbonyl (C=O) groups is 1. The number of carbonyl (C=O) groups excluding carboxylic acids is 1. The van der Waals surface area contributed by atoms with Crippen LogP contribution in [0.15, 0.2) is 40.9 Å². The molecule has 0 bridgehead atoms. The zero-order chi connectivity index (χ0) is 20.8. The first kappa shape index (κ1) is 20.7. The second-order valence-corrected chi connectivity index (χ2v) is 7.29. The Morgan fingerprint density at radius 3 is 2.86 bits per heavy atom. The third kappa shape index (κ3) is 4.88. The minimum atomic E-state index is 0.110. The van der Waals surface area contributed by atoms with Crippen LogP contribution >= 0.6 is 0 Å². The molecule has 0 aromatic carbocycles. The summed E-state index contributed by atoms with van der Waals surface area (Å²) in [5.41, 5.74) is 7.02. The van der Waals surface area contributed by atoms with Crippen molar-refractivity contribution in [3.63, 3.8) is 0 Å². The van der Waals surface area contributed by atoms with Crippen LogP contribution in [0.2, 0.25) is 0 Å². The van der Waals surface area contributed by atoms with Gasteiger partial charge in [-0.15, -0.1) is 0 Å². The largest absolute Gasteiger partial charge is 0.494 e. The summed E-state index contributed by atoms with van der Waals surface area (Å²) in [5, 5.41) is 2.98. The lowest BCUT2D eigenvalue weighted by atomic mass is 10.0. The lowest BCUT2D eigenvalue weighted by Gasteiger charge is -2.05. The lowest BCUT2D eigenvalue weighted by Crippen LogP contribution is -2.24. The predicted octanol–water partition coefficient (Wildman–Crippen LogP) is 4.18. The Morgan fingerprint density at radius 1 is 1.34 bits per heavy atom. The van der Waals surface area contributed by atoms with Gasteiger partial charge in [0.1, 0.15) is 11.5 Å². The van der Waals surface area contributed by atoms with Crippen LogP contribution in [0.3, 0.4) is 0 Å². The molecule has 29 heavy (non-hydrogen) atoms. The summed E-state index contributed by atoms with van der Waals surface area (Å²) in [6.45, 7) is 7.01. The molecule has 1 amide bonds. The van der Waals surface area contributed by atoms with Gasteiger partial charge in [-0.05, 0) is 56.0 Å². The van der Waals surface area contributed by atoms with Crippen LogP contribution in [-0.4, -0.2) is 35.2 Å². The highest BCUT2D eigenvalue weighted by atomic mass is 16.5. The number of ether oxygens (including phenoxy) is 1. The highest BCUT2D eigenvalue weighted by Crippen LogP contribution is 2.27. The van der Waals surface area contributed by atoms with E-state index >= 15 is 0 Å². The third-order valence-electron chi connectivity index (χ3n) is 5.22. The van der Waals surface area contributed by atoms with Gasteiger partial charge in [-0.3, -0.25) is 4.79 Å². The van der Waals surface area contributed by atoms with E-state index in [1.54, 1.807) is 7.11 Å². The molecule has 0 atom stereocenters. The highest BCUT2D eigenvalue weighted by molar-refractivity contribution is 6.11. The molecule has 0 unspecified atom stereocenters. The number of nitrogens with zero attached hydrogens (tertiary/aromatic N) is 1. The summed E-state index contributed by atoms with van der Waals surface area (Å²) in [4.78, 5) is 23.4. The van der Waals surface area contributed by atoms with Gasteiger partial charge in [-0.2, -0.15) is 0 Å². The van der Waals surface area contributed by atoms with Gasteiger partial charge < -0.3 is 20.0 Å². The fourth-order valence-electron chi connectivity index (χ4n) is 3.51. The van der Waals surface area contributed by atoms with E-state index in [1.165, 1.54) is 5.56 Å². The summed E-state index contributed by atoms with van der Waals surface area (Å²) >= 11 is 0. The number of unbranched alkanes of at least 4 members (excludes halogenated alkanes) is 1. The molecule has 2 aromatic heterocycles. The van der Waals surface area contributed by atoms with Crippen LogP contribution in [0.5, 0.6) is 0 Å². The highest BCUT2D eigenvalue weighted by Gasteiger charge is 2.19. The van der Waals surface area contributed by atoms with Gasteiger partial charge in [0.05, 0.1) is 18.5 Å². The minimum Gasteiger partial charge on any atom is -0.494 e. The van der Waals surface area contributed by atoms with Crippen molar-refractivity contribution in [2.24, 2.45) is 4.99 Å². The number of nitrogens with one attached hydrogen (secondary N) is 3. The van der Waals surface area contributed by atoms with E-state index in [0.717, 1.165) is 65.6 Å². The fraction of sp³-hybridized carbons (Fsp3) is 0.391. The van der Waals surface area contributed by atoms with Gasteiger partial charge in [0.25, 0.3) is 0 Å². The Morgan fingerprint density at radius 2 is 2.17 bits per heavy atom. The number of methoxy groups -OCH3 is 1. The van der Waals surface area contributed by atoms with E-state index in [2.05, 4.69) is 36.1 Å². The van der Waals surface area contributed by atoms with Crippen molar-refractivity contribution in [2.75, 3.05) is 13.7 Å². The Bertz CT molecular complexity index is 946. The number of aromatic nitrogens is 2. The zero-order valence-electron chi connectivity index (χ0n) is 17.7. The molecule has 6 nitrogen and oxygen atoms in total. The van der Waals surface area contributed by atoms with Crippen LogP contribution in [-0.2, 0) is 16.0 Å². The maximum atomic E-state index is 12.1. The second kappa shape index (κ2) is 9.45. The van der Waals surface area contributed by atoms with Gasteiger partial charge >= 0.3 is 0 Å². The average Bonchev–Trinajstić information content (AvgIpc) is 3.42. The van der Waals surface area contributed by atoms with E-state index in [4.69, 9.17) is 9.73 Å². The van der Waals surface area contributed by atoms with Crippen molar-refractivity contribution in [2.45, 2.75) is 46.5 Å². The second-order valence-electron chi connectivity index (χ2n) is 7.29.